The van der Waals surface area contributed by atoms with Crippen LogP contribution >= 0.6 is 0 Å². The number of anilines is 1. The topological polar surface area (TPSA) is 87.8 Å². The van der Waals surface area contributed by atoms with E-state index in [1.165, 1.54) is 4.31 Å². The van der Waals surface area contributed by atoms with Crippen LogP contribution in [0.5, 0.6) is 0 Å². The highest BCUT2D eigenvalue weighted by atomic mass is 32.2. The zero-order valence-electron chi connectivity index (χ0n) is 13.8. The number of sulfonamides is 1. The summed E-state index contributed by atoms with van der Waals surface area (Å²) < 4.78 is 24.5. The lowest BCUT2D eigenvalue weighted by molar-refractivity contribution is 0.465. The molecule has 0 heterocycles. The van der Waals surface area contributed by atoms with Gasteiger partial charge in [-0.2, -0.15) is 0 Å². The van der Waals surface area contributed by atoms with E-state index in [9.17, 15) is 8.42 Å². The molecule has 0 aliphatic heterocycles. The predicted octanol–water partition coefficient (Wildman–Crippen LogP) is 1.70. The summed E-state index contributed by atoms with van der Waals surface area (Å²) in [6.45, 7) is 6.60. The number of nitrogens with zero attached hydrogens (tertiary/aromatic N) is 2. The Morgan fingerprint density at radius 3 is 2.41 bits per heavy atom. The van der Waals surface area contributed by atoms with Crippen molar-refractivity contribution in [3.63, 3.8) is 0 Å². The van der Waals surface area contributed by atoms with Gasteiger partial charge in [-0.1, -0.05) is 6.07 Å². The largest absolute Gasteiger partial charge is 0.370 e. The number of aryl methyl sites for hydroxylation is 2. The summed E-state index contributed by atoms with van der Waals surface area (Å²) in [7, 11) is -1.54. The first-order valence-electron chi connectivity index (χ1n) is 7.34. The van der Waals surface area contributed by atoms with Gasteiger partial charge in [0.2, 0.25) is 10.0 Å². The molecule has 0 spiro atoms. The zero-order valence-corrected chi connectivity index (χ0v) is 14.6. The molecular weight excluding hydrogens is 300 g/mol. The molecule has 0 atom stereocenters. The Kier molecular flexibility index (Phi) is 6.83. The Balaban J connectivity index is 2.47. The van der Waals surface area contributed by atoms with Crippen molar-refractivity contribution in [1.82, 2.24) is 4.31 Å². The Hall–Kier alpha value is -1.60. The van der Waals surface area contributed by atoms with Crippen LogP contribution in [0, 0.1) is 13.8 Å². The second-order valence-corrected chi connectivity index (χ2v) is 7.71. The van der Waals surface area contributed by atoms with Gasteiger partial charge in [-0.25, -0.2) is 12.7 Å². The maximum absolute atomic E-state index is 11.6. The highest BCUT2D eigenvalue weighted by molar-refractivity contribution is 7.89. The Bertz CT molecular complexity index is 606. The molecule has 7 heteroatoms. The number of hydrogen-bond donors (Lipinski definition) is 2. The maximum Gasteiger partial charge on any atom is 0.213 e. The van der Waals surface area contributed by atoms with Gasteiger partial charge in [0.1, 0.15) is 0 Å². The van der Waals surface area contributed by atoms with E-state index in [1.807, 2.05) is 26.0 Å². The normalized spacial score (nSPS) is 12.7. The fourth-order valence-corrected chi connectivity index (χ4v) is 2.93. The summed E-state index contributed by atoms with van der Waals surface area (Å²) in [5.41, 5.74) is 9.06. The molecule has 6 nitrogen and oxygen atoms in total. The van der Waals surface area contributed by atoms with Gasteiger partial charge in [0, 0.05) is 25.8 Å². The standard InChI is InChI=1S/C15H26N4O2S/c1-5-22(20,21)19(4)8-6-7-17-15(16)18-14-10-12(2)9-13(3)11-14/h9-11H,5-8H2,1-4H3,(H3,16,17,18). The first kappa shape index (κ1) is 18.4. The molecular formula is C15H26N4O2S. The molecule has 124 valence electrons. The van der Waals surface area contributed by atoms with E-state index in [-0.39, 0.29) is 5.75 Å². The molecule has 1 aromatic rings. The molecule has 0 aliphatic carbocycles. The van der Waals surface area contributed by atoms with Crippen molar-refractivity contribution in [3.05, 3.63) is 29.3 Å². The van der Waals surface area contributed by atoms with E-state index in [0.29, 0.717) is 25.5 Å². The first-order chi connectivity index (χ1) is 10.2. The highest BCUT2D eigenvalue weighted by Gasteiger charge is 2.13. The van der Waals surface area contributed by atoms with Crippen LogP contribution in [-0.2, 0) is 10.0 Å². The Morgan fingerprint density at radius 2 is 1.86 bits per heavy atom. The predicted molar refractivity (Wildman–Crippen MR) is 92.7 cm³/mol. The summed E-state index contributed by atoms with van der Waals surface area (Å²) in [6, 6.07) is 6.08. The van der Waals surface area contributed by atoms with E-state index in [0.717, 1.165) is 16.8 Å². The molecule has 0 bridgehead atoms. The van der Waals surface area contributed by atoms with E-state index >= 15 is 0 Å². The molecule has 1 rings (SSSR count). The molecule has 0 aromatic heterocycles. The minimum Gasteiger partial charge on any atom is -0.370 e. The Labute approximate surface area is 133 Å². The first-order valence-corrected chi connectivity index (χ1v) is 8.94. The van der Waals surface area contributed by atoms with Gasteiger partial charge in [0.25, 0.3) is 0 Å². The summed E-state index contributed by atoms with van der Waals surface area (Å²) in [6.07, 6.45) is 0.630. The fourth-order valence-electron chi connectivity index (χ4n) is 2.09. The highest BCUT2D eigenvalue weighted by Crippen LogP contribution is 2.13. The molecule has 0 radical (unpaired) electrons. The molecule has 0 unspecified atom stereocenters. The van der Waals surface area contributed by atoms with Crippen molar-refractivity contribution in [2.75, 3.05) is 31.2 Å². The smallest absolute Gasteiger partial charge is 0.213 e. The van der Waals surface area contributed by atoms with Gasteiger partial charge in [-0.3, -0.25) is 4.99 Å². The van der Waals surface area contributed by atoms with Gasteiger partial charge in [-0.05, 0) is 50.5 Å². The lowest BCUT2D eigenvalue weighted by Gasteiger charge is -2.15. The molecule has 0 saturated carbocycles. The molecule has 3 N–H and O–H groups in total. The summed E-state index contributed by atoms with van der Waals surface area (Å²) in [4.78, 5) is 4.22. The number of nitrogens with two attached hydrogens (primary N) is 1. The zero-order chi connectivity index (χ0) is 16.8. The average molecular weight is 326 g/mol. The minimum atomic E-state index is -3.12. The molecule has 22 heavy (non-hydrogen) atoms. The number of guanidine groups is 1. The van der Waals surface area contributed by atoms with E-state index in [1.54, 1.807) is 14.0 Å². The number of hydrogen-bond acceptors (Lipinski definition) is 3. The van der Waals surface area contributed by atoms with Crippen LogP contribution in [0.1, 0.15) is 24.5 Å². The third-order valence-electron chi connectivity index (χ3n) is 3.25. The van der Waals surface area contributed by atoms with Gasteiger partial charge < -0.3 is 11.1 Å². The molecule has 0 amide bonds. The number of nitrogens with one attached hydrogen (secondary N) is 1. The van der Waals surface area contributed by atoms with E-state index in [4.69, 9.17) is 5.73 Å². The third-order valence-corrected chi connectivity index (χ3v) is 5.11. The summed E-state index contributed by atoms with van der Waals surface area (Å²) in [5.74, 6) is 0.453. The molecule has 0 aliphatic rings. The van der Waals surface area contributed by atoms with Crippen LogP contribution in [0.3, 0.4) is 0 Å². The Morgan fingerprint density at radius 1 is 1.27 bits per heavy atom. The quantitative estimate of drug-likeness (QED) is 0.453. The van der Waals surface area contributed by atoms with Crippen molar-refractivity contribution in [2.24, 2.45) is 10.7 Å². The SMILES string of the molecule is CCS(=O)(=O)N(C)CCCN=C(N)Nc1cc(C)cc(C)c1. The molecule has 0 fully saturated rings. The van der Waals surface area contributed by atoms with Crippen molar-refractivity contribution in [2.45, 2.75) is 27.2 Å². The van der Waals surface area contributed by atoms with Crippen LogP contribution in [0.25, 0.3) is 0 Å². The molecule has 0 saturated heterocycles. The number of benzene rings is 1. The third kappa shape index (κ3) is 6.03. The van der Waals surface area contributed by atoms with Gasteiger partial charge in [0.05, 0.1) is 5.75 Å². The fraction of sp³-hybridized carbons (Fsp3) is 0.533. The van der Waals surface area contributed by atoms with Crippen molar-refractivity contribution in [3.8, 4) is 0 Å². The van der Waals surface area contributed by atoms with Gasteiger partial charge >= 0.3 is 0 Å². The number of aliphatic imine (C=N–C) groups is 1. The average Bonchev–Trinajstić information content (AvgIpc) is 2.42. The van der Waals surface area contributed by atoms with Gasteiger partial charge in [0.15, 0.2) is 5.96 Å². The van der Waals surface area contributed by atoms with Crippen molar-refractivity contribution >= 4 is 21.7 Å². The summed E-state index contributed by atoms with van der Waals surface area (Å²) in [5, 5.41) is 3.05. The van der Waals surface area contributed by atoms with Gasteiger partial charge in [-0.15, -0.1) is 0 Å². The maximum atomic E-state index is 11.6. The van der Waals surface area contributed by atoms with E-state index in [2.05, 4.69) is 16.4 Å². The van der Waals surface area contributed by atoms with Crippen LogP contribution in [0.2, 0.25) is 0 Å². The summed E-state index contributed by atoms with van der Waals surface area (Å²) >= 11 is 0. The second kappa shape index (κ2) is 8.14. The van der Waals surface area contributed by atoms with Crippen molar-refractivity contribution < 1.29 is 8.42 Å². The second-order valence-electron chi connectivity index (χ2n) is 5.34. The monoisotopic (exact) mass is 326 g/mol. The van der Waals surface area contributed by atoms with Crippen molar-refractivity contribution in [1.29, 1.82) is 0 Å². The minimum absolute atomic E-state index is 0.114. The lowest BCUT2D eigenvalue weighted by atomic mass is 10.1. The van der Waals surface area contributed by atoms with E-state index < -0.39 is 10.0 Å². The van der Waals surface area contributed by atoms with Crippen LogP contribution in [0.15, 0.2) is 23.2 Å². The van der Waals surface area contributed by atoms with Crippen LogP contribution in [-0.4, -0.2) is 44.6 Å². The number of rotatable bonds is 7. The molecule has 1 aromatic carbocycles. The van der Waals surface area contributed by atoms with Crippen LogP contribution < -0.4 is 11.1 Å². The lowest BCUT2D eigenvalue weighted by Crippen LogP contribution is -2.30. The van der Waals surface area contributed by atoms with Crippen LogP contribution in [0.4, 0.5) is 5.69 Å².